The molecular weight excluding hydrogens is 558 g/mol. The van der Waals surface area contributed by atoms with Crippen LogP contribution < -0.4 is 42.4 Å². The van der Waals surface area contributed by atoms with Crippen LogP contribution in [0.4, 0.5) is 0 Å². The topological polar surface area (TPSA) is 74.6 Å². The number of carboxylic acid groups (broad SMARTS) is 2. The number of carboxylic acids is 2. The van der Waals surface area contributed by atoms with Gasteiger partial charge in [0.15, 0.2) is 7.14 Å². The van der Waals surface area contributed by atoms with Gasteiger partial charge in [-0.3, -0.25) is 0 Å². The molecular formula is C20H14I2O4+2. The zero-order valence-electron chi connectivity index (χ0n) is 13.4. The summed E-state index contributed by atoms with van der Waals surface area (Å²) in [6.45, 7) is 0. The molecule has 0 aliphatic carbocycles. The Balaban J connectivity index is 2.06. The first-order chi connectivity index (χ1) is 12.5. The summed E-state index contributed by atoms with van der Waals surface area (Å²) in [5.41, 5.74) is 0.439. The normalized spacial score (nSPS) is 10.5. The van der Waals surface area contributed by atoms with Crippen molar-refractivity contribution in [1.29, 1.82) is 0 Å². The molecule has 26 heavy (non-hydrogen) atoms. The van der Waals surface area contributed by atoms with Crippen LogP contribution in [0.3, 0.4) is 0 Å². The first-order valence-electron chi connectivity index (χ1n) is 7.59. The number of benzene rings is 3. The quantitative estimate of drug-likeness (QED) is 0.317. The van der Waals surface area contributed by atoms with Gasteiger partial charge in [0.05, 0.1) is 0 Å². The van der Waals surface area contributed by atoms with Gasteiger partial charge in [-0.25, -0.2) is 9.59 Å². The van der Waals surface area contributed by atoms with Crippen LogP contribution in [0.15, 0.2) is 72.8 Å². The highest BCUT2D eigenvalue weighted by molar-refractivity contribution is 5.91. The van der Waals surface area contributed by atoms with E-state index < -0.39 is 54.3 Å². The predicted molar refractivity (Wildman–Crippen MR) is 88.0 cm³/mol. The number of aromatic carboxylic acids is 2. The minimum Gasteiger partial charge on any atom is -0.478 e. The monoisotopic (exact) mass is 572 g/mol. The fraction of sp³-hybridized carbons (Fsp3) is 0. The van der Waals surface area contributed by atoms with E-state index in [0.29, 0.717) is 7.14 Å². The second-order valence-electron chi connectivity index (χ2n) is 5.20. The van der Waals surface area contributed by atoms with E-state index in [1.54, 1.807) is 12.1 Å². The fourth-order valence-corrected chi connectivity index (χ4v) is 7.40. The van der Waals surface area contributed by atoms with E-state index in [1.807, 2.05) is 60.7 Å². The number of halogens is 2. The molecule has 0 fully saturated rings. The third kappa shape index (κ3) is 4.61. The lowest BCUT2D eigenvalue weighted by molar-refractivity contribution is -0.603. The Morgan fingerprint density at radius 2 is 0.962 bits per heavy atom. The first-order valence-corrected chi connectivity index (χ1v) is 11.9. The predicted octanol–water partition coefficient (Wildman–Crippen LogP) is -2.66. The lowest BCUT2D eigenvalue weighted by Gasteiger charge is -2.00. The average molecular weight is 572 g/mol. The second-order valence-corrected chi connectivity index (χ2v) is 11.1. The van der Waals surface area contributed by atoms with Gasteiger partial charge in [-0.1, -0.05) is 36.4 Å². The van der Waals surface area contributed by atoms with Crippen LogP contribution in [-0.2, 0) is 0 Å². The minimum atomic E-state index is -1.01. The van der Waals surface area contributed by atoms with Crippen molar-refractivity contribution in [3.8, 4) is 0 Å². The SMILES string of the molecule is O=C(O)c1cc([I+]c2ccccc2)c(C(=O)O)cc1[I+]c1ccccc1. The van der Waals surface area contributed by atoms with Crippen LogP contribution in [0, 0.1) is 14.3 Å². The zero-order valence-corrected chi connectivity index (χ0v) is 17.7. The Morgan fingerprint density at radius 3 is 1.27 bits per heavy atom. The smallest absolute Gasteiger partial charge is 0.358 e. The molecule has 0 amide bonds. The highest BCUT2D eigenvalue weighted by Gasteiger charge is 2.33. The van der Waals surface area contributed by atoms with Gasteiger partial charge in [-0.2, -0.15) is 0 Å². The Labute approximate surface area is 171 Å². The Hall–Kier alpha value is -1.94. The largest absolute Gasteiger partial charge is 0.478 e. The minimum absolute atomic E-state index is 0.220. The van der Waals surface area contributed by atoms with E-state index in [1.165, 1.54) is 0 Å². The van der Waals surface area contributed by atoms with E-state index in [9.17, 15) is 19.8 Å². The Morgan fingerprint density at radius 1 is 0.615 bits per heavy atom. The third-order valence-corrected chi connectivity index (χ3v) is 9.04. The molecule has 0 saturated carbocycles. The van der Waals surface area contributed by atoms with Gasteiger partial charge in [0.25, 0.3) is 0 Å². The molecule has 2 N–H and O–H groups in total. The summed E-state index contributed by atoms with van der Waals surface area (Å²) in [4.78, 5) is 23.6. The van der Waals surface area contributed by atoms with E-state index in [4.69, 9.17) is 0 Å². The standard InChI is InChI=1S/C20H12I2O4/c23-19(24)15-12-18(22-14-9-5-2-6-10-14)16(20(25)26)11-17(15)21-13-7-3-1-4-8-13/h1-12H/p+2. The number of hydrogen-bond donors (Lipinski definition) is 2. The summed E-state index contributed by atoms with van der Waals surface area (Å²) < 4.78 is 3.35. The van der Waals surface area contributed by atoms with Crippen molar-refractivity contribution in [1.82, 2.24) is 0 Å². The van der Waals surface area contributed by atoms with Gasteiger partial charge in [0, 0.05) is 12.1 Å². The highest BCUT2D eigenvalue weighted by Crippen LogP contribution is 2.06. The van der Waals surface area contributed by atoms with Crippen LogP contribution in [0.2, 0.25) is 0 Å². The third-order valence-electron chi connectivity index (χ3n) is 3.41. The Kier molecular flexibility index (Phi) is 6.25. The molecule has 0 heterocycles. The van der Waals surface area contributed by atoms with Gasteiger partial charge in [0.1, 0.15) is 11.1 Å². The summed E-state index contributed by atoms with van der Waals surface area (Å²) in [5, 5.41) is 19.3. The van der Waals surface area contributed by atoms with Crippen molar-refractivity contribution < 1.29 is 62.2 Å². The van der Waals surface area contributed by atoms with E-state index in [-0.39, 0.29) is 11.1 Å². The van der Waals surface area contributed by atoms with Crippen LogP contribution in [0.25, 0.3) is 0 Å². The molecule has 0 radical (unpaired) electrons. The van der Waals surface area contributed by atoms with Crippen LogP contribution >= 0.6 is 0 Å². The molecule has 0 atom stereocenters. The summed E-state index contributed by atoms with van der Waals surface area (Å²) in [6, 6.07) is 22.4. The molecule has 0 aliphatic heterocycles. The van der Waals surface area contributed by atoms with Gasteiger partial charge in [-0.05, 0) is 24.3 Å². The molecule has 0 bridgehead atoms. The highest BCUT2D eigenvalue weighted by atomic mass is 127. The van der Waals surface area contributed by atoms with Gasteiger partial charge < -0.3 is 10.2 Å². The lowest BCUT2D eigenvalue weighted by atomic mass is 10.1. The van der Waals surface area contributed by atoms with Crippen molar-refractivity contribution in [2.24, 2.45) is 0 Å². The molecule has 130 valence electrons. The van der Waals surface area contributed by atoms with Crippen LogP contribution in [-0.4, -0.2) is 22.2 Å². The molecule has 4 nitrogen and oxygen atoms in total. The molecule has 6 heteroatoms. The molecule has 3 aromatic rings. The zero-order chi connectivity index (χ0) is 18.5. The number of hydrogen-bond acceptors (Lipinski definition) is 2. The van der Waals surface area contributed by atoms with Crippen molar-refractivity contribution in [3.63, 3.8) is 0 Å². The van der Waals surface area contributed by atoms with Crippen LogP contribution in [0.5, 0.6) is 0 Å². The van der Waals surface area contributed by atoms with E-state index in [0.717, 1.165) is 7.14 Å². The maximum atomic E-state index is 11.8. The molecule has 0 spiro atoms. The summed E-state index contributed by atoms with van der Waals surface area (Å²) >= 11 is -1.55. The maximum absolute atomic E-state index is 11.8. The van der Waals surface area contributed by atoms with Gasteiger partial charge >= 0.3 is 54.3 Å². The molecule has 3 aromatic carbocycles. The molecule has 0 unspecified atom stereocenters. The number of carbonyl (C=O) groups is 2. The summed E-state index contributed by atoms with van der Waals surface area (Å²) in [6.07, 6.45) is 0. The summed E-state index contributed by atoms with van der Waals surface area (Å²) in [5.74, 6) is -2.02. The molecule has 3 rings (SSSR count). The summed E-state index contributed by atoms with van der Waals surface area (Å²) in [7, 11) is 0. The van der Waals surface area contributed by atoms with E-state index in [2.05, 4.69) is 0 Å². The van der Waals surface area contributed by atoms with Crippen molar-refractivity contribution in [2.45, 2.75) is 0 Å². The van der Waals surface area contributed by atoms with Crippen molar-refractivity contribution in [2.75, 3.05) is 0 Å². The molecule has 0 aromatic heterocycles. The molecule has 0 aliphatic rings. The molecule has 0 saturated heterocycles. The average Bonchev–Trinajstić information content (AvgIpc) is 2.64. The maximum Gasteiger partial charge on any atom is 0.358 e. The Bertz CT molecular complexity index is 862. The van der Waals surface area contributed by atoms with Crippen LogP contribution in [0.1, 0.15) is 20.7 Å². The van der Waals surface area contributed by atoms with Gasteiger partial charge in [-0.15, -0.1) is 0 Å². The number of rotatable bonds is 6. The fourth-order valence-electron chi connectivity index (χ4n) is 2.22. The van der Waals surface area contributed by atoms with Crippen molar-refractivity contribution in [3.05, 3.63) is 98.2 Å². The second kappa shape index (κ2) is 8.63. The first kappa shape index (κ1) is 18.8. The lowest BCUT2D eigenvalue weighted by Crippen LogP contribution is -3.62. The van der Waals surface area contributed by atoms with E-state index >= 15 is 0 Å². The van der Waals surface area contributed by atoms with Gasteiger partial charge in [0.2, 0.25) is 7.14 Å². The van der Waals surface area contributed by atoms with Crippen molar-refractivity contribution >= 4 is 11.9 Å².